The van der Waals surface area contributed by atoms with Crippen molar-refractivity contribution in [2.45, 2.75) is 19.3 Å². The fourth-order valence-electron chi connectivity index (χ4n) is 3.60. The Labute approximate surface area is 190 Å². The minimum atomic E-state index is -0.736. The highest BCUT2D eigenvalue weighted by Gasteiger charge is 2.32. The zero-order chi connectivity index (χ0) is 23.4. The van der Waals surface area contributed by atoms with Crippen LogP contribution in [0.3, 0.4) is 0 Å². The maximum absolute atomic E-state index is 14.5. The van der Waals surface area contributed by atoms with Crippen LogP contribution in [0.4, 0.5) is 4.39 Å². The van der Waals surface area contributed by atoms with Gasteiger partial charge in [-0.15, -0.1) is 0 Å². The van der Waals surface area contributed by atoms with E-state index in [-0.39, 0.29) is 23.0 Å². The highest BCUT2D eigenvalue weighted by Crippen LogP contribution is 2.44. The largest absolute Gasteiger partial charge is 0.494 e. The molecule has 1 aliphatic heterocycles. The van der Waals surface area contributed by atoms with Crippen molar-refractivity contribution in [2.24, 2.45) is 5.73 Å². The number of fused-ring (bicyclic) bond motifs is 1. The Morgan fingerprint density at radius 3 is 2.52 bits per heavy atom. The lowest BCUT2D eigenvalue weighted by Crippen LogP contribution is -2.21. The van der Waals surface area contributed by atoms with E-state index in [4.69, 9.17) is 19.9 Å². The van der Waals surface area contributed by atoms with E-state index in [1.807, 2.05) is 13.0 Å². The number of rotatable bonds is 6. The summed E-state index contributed by atoms with van der Waals surface area (Å²) in [5.74, 6) is -0.688. The Balaban J connectivity index is 1.60. The van der Waals surface area contributed by atoms with Gasteiger partial charge in [0, 0.05) is 17.2 Å². The molecule has 0 aromatic heterocycles. The second-order valence-corrected chi connectivity index (χ2v) is 7.41. The molecule has 0 aliphatic carbocycles. The number of ether oxygens (including phenoxy) is 3. The summed E-state index contributed by atoms with van der Waals surface area (Å²) in [5, 5.41) is 9.61. The molecular weight excluding hydrogens is 423 g/mol. The van der Waals surface area contributed by atoms with Gasteiger partial charge in [0.25, 0.3) is 0 Å². The van der Waals surface area contributed by atoms with Crippen molar-refractivity contribution < 1.29 is 23.4 Å². The quantitative estimate of drug-likeness (QED) is 0.422. The molecule has 6 nitrogen and oxygen atoms in total. The predicted molar refractivity (Wildman–Crippen MR) is 119 cm³/mol. The Kier molecular flexibility index (Phi) is 6.27. The molecule has 7 heteroatoms. The first kappa shape index (κ1) is 21.9. The van der Waals surface area contributed by atoms with Crippen molar-refractivity contribution in [1.82, 2.24) is 0 Å². The molecule has 1 aliphatic rings. The molecule has 1 unspecified atom stereocenters. The molecule has 0 spiro atoms. The SMILES string of the molecule is CCCOc1ccc(C(=O)Oc2ccc3c(c2)OC(N)=C(C#N)C3c2ccccc2F)cc1. The number of hydrogen-bond donors (Lipinski definition) is 1. The molecular formula is C26H21FN2O4. The second kappa shape index (κ2) is 9.45. The van der Waals surface area contributed by atoms with Crippen LogP contribution in [0.15, 0.2) is 78.2 Å². The number of carbonyl (C=O) groups excluding carboxylic acids is 1. The van der Waals surface area contributed by atoms with E-state index in [9.17, 15) is 14.4 Å². The first-order chi connectivity index (χ1) is 16.0. The lowest BCUT2D eigenvalue weighted by Gasteiger charge is -2.27. The first-order valence-electron chi connectivity index (χ1n) is 10.4. The van der Waals surface area contributed by atoms with Gasteiger partial charge in [-0.2, -0.15) is 5.26 Å². The summed E-state index contributed by atoms with van der Waals surface area (Å²) in [5.41, 5.74) is 7.28. The molecule has 166 valence electrons. The summed E-state index contributed by atoms with van der Waals surface area (Å²) >= 11 is 0. The van der Waals surface area contributed by atoms with E-state index in [0.29, 0.717) is 29.0 Å². The lowest BCUT2D eigenvalue weighted by atomic mass is 9.83. The zero-order valence-electron chi connectivity index (χ0n) is 17.9. The maximum atomic E-state index is 14.5. The van der Waals surface area contributed by atoms with Crippen LogP contribution < -0.4 is 19.9 Å². The Bertz CT molecular complexity index is 1260. The third-order valence-electron chi connectivity index (χ3n) is 5.18. The van der Waals surface area contributed by atoms with Crippen LogP contribution in [0, 0.1) is 17.1 Å². The standard InChI is InChI=1S/C26H21FN2O4/c1-2-13-31-17-9-7-16(8-10-17)26(30)32-18-11-12-20-23(14-18)33-25(29)21(15-28)24(20)19-5-3-4-6-22(19)27/h3-12,14,24H,2,13,29H2,1H3. The molecule has 2 N–H and O–H groups in total. The van der Waals surface area contributed by atoms with Gasteiger partial charge in [0.05, 0.1) is 18.1 Å². The first-order valence-corrected chi connectivity index (χ1v) is 10.4. The second-order valence-electron chi connectivity index (χ2n) is 7.41. The summed E-state index contributed by atoms with van der Waals surface area (Å²) < 4.78 is 31.2. The fraction of sp³-hybridized carbons (Fsp3) is 0.154. The molecule has 1 heterocycles. The van der Waals surface area contributed by atoms with Gasteiger partial charge in [-0.3, -0.25) is 0 Å². The Morgan fingerprint density at radius 2 is 1.82 bits per heavy atom. The zero-order valence-corrected chi connectivity index (χ0v) is 17.9. The highest BCUT2D eigenvalue weighted by atomic mass is 19.1. The summed E-state index contributed by atoms with van der Waals surface area (Å²) in [7, 11) is 0. The predicted octanol–water partition coefficient (Wildman–Crippen LogP) is 5.05. The van der Waals surface area contributed by atoms with Crippen molar-refractivity contribution in [3.05, 3.63) is 101 Å². The number of nitriles is 1. The molecule has 0 bridgehead atoms. The van der Waals surface area contributed by atoms with Gasteiger partial charge in [-0.25, -0.2) is 9.18 Å². The molecule has 1 atom stereocenters. The molecule has 4 rings (SSSR count). The van der Waals surface area contributed by atoms with Crippen molar-refractivity contribution in [1.29, 1.82) is 5.26 Å². The van der Waals surface area contributed by atoms with E-state index in [2.05, 4.69) is 0 Å². The number of nitrogens with zero attached hydrogens (tertiary/aromatic N) is 1. The van der Waals surface area contributed by atoms with Crippen LogP contribution in [0.25, 0.3) is 0 Å². The van der Waals surface area contributed by atoms with Crippen molar-refractivity contribution in [3.8, 4) is 23.3 Å². The van der Waals surface area contributed by atoms with Gasteiger partial charge in [0.15, 0.2) is 0 Å². The van der Waals surface area contributed by atoms with Crippen LogP contribution in [0.5, 0.6) is 17.2 Å². The maximum Gasteiger partial charge on any atom is 0.343 e. The van der Waals surface area contributed by atoms with Crippen LogP contribution in [-0.4, -0.2) is 12.6 Å². The number of allylic oxidation sites excluding steroid dienone is 1. The molecule has 0 fully saturated rings. The van der Waals surface area contributed by atoms with Gasteiger partial charge in [0.1, 0.15) is 34.7 Å². The Hall–Kier alpha value is -4.31. The Morgan fingerprint density at radius 1 is 1.09 bits per heavy atom. The third-order valence-corrected chi connectivity index (χ3v) is 5.18. The number of benzene rings is 3. The molecule has 0 saturated heterocycles. The lowest BCUT2D eigenvalue weighted by molar-refractivity contribution is 0.0734. The van der Waals surface area contributed by atoms with E-state index >= 15 is 0 Å². The fourth-order valence-corrected chi connectivity index (χ4v) is 3.60. The van der Waals surface area contributed by atoms with Crippen molar-refractivity contribution >= 4 is 5.97 Å². The monoisotopic (exact) mass is 444 g/mol. The molecule has 0 saturated carbocycles. The van der Waals surface area contributed by atoms with E-state index in [0.717, 1.165) is 6.42 Å². The number of halogens is 1. The number of nitrogens with two attached hydrogens (primary N) is 1. The van der Waals surface area contributed by atoms with Crippen molar-refractivity contribution in [3.63, 3.8) is 0 Å². The normalized spacial score (nSPS) is 14.6. The van der Waals surface area contributed by atoms with Gasteiger partial charge < -0.3 is 19.9 Å². The third kappa shape index (κ3) is 4.51. The molecule has 3 aromatic rings. The van der Waals surface area contributed by atoms with Gasteiger partial charge in [-0.1, -0.05) is 31.2 Å². The summed E-state index contributed by atoms with van der Waals surface area (Å²) in [6.45, 7) is 2.61. The van der Waals surface area contributed by atoms with Crippen LogP contribution in [0.1, 0.15) is 40.7 Å². The van der Waals surface area contributed by atoms with E-state index < -0.39 is 17.7 Å². The van der Waals surface area contributed by atoms with Crippen LogP contribution >= 0.6 is 0 Å². The minimum Gasteiger partial charge on any atom is -0.494 e. The van der Waals surface area contributed by atoms with Crippen LogP contribution in [0.2, 0.25) is 0 Å². The molecule has 3 aromatic carbocycles. The number of esters is 1. The summed E-state index contributed by atoms with van der Waals surface area (Å²) in [6, 6.07) is 19.6. The van der Waals surface area contributed by atoms with E-state index in [1.54, 1.807) is 54.6 Å². The topological polar surface area (TPSA) is 94.6 Å². The average Bonchev–Trinajstić information content (AvgIpc) is 2.82. The molecule has 0 amide bonds. The summed E-state index contributed by atoms with van der Waals surface area (Å²) in [4.78, 5) is 12.6. The van der Waals surface area contributed by atoms with Crippen molar-refractivity contribution in [2.75, 3.05) is 6.61 Å². The van der Waals surface area contributed by atoms with Gasteiger partial charge in [0.2, 0.25) is 5.88 Å². The smallest absolute Gasteiger partial charge is 0.343 e. The molecule has 0 radical (unpaired) electrons. The summed E-state index contributed by atoms with van der Waals surface area (Å²) in [6.07, 6.45) is 0.886. The minimum absolute atomic E-state index is 0.114. The highest BCUT2D eigenvalue weighted by molar-refractivity contribution is 5.91. The van der Waals surface area contributed by atoms with Crippen LogP contribution in [-0.2, 0) is 0 Å². The van der Waals surface area contributed by atoms with Gasteiger partial charge in [-0.05, 0) is 42.8 Å². The van der Waals surface area contributed by atoms with Gasteiger partial charge >= 0.3 is 5.97 Å². The number of hydrogen-bond acceptors (Lipinski definition) is 6. The average molecular weight is 444 g/mol. The number of carbonyl (C=O) groups is 1. The van der Waals surface area contributed by atoms with E-state index in [1.165, 1.54) is 12.1 Å². The molecule has 33 heavy (non-hydrogen) atoms.